The van der Waals surface area contributed by atoms with E-state index in [2.05, 4.69) is 20.7 Å². The van der Waals surface area contributed by atoms with Crippen LogP contribution in [0, 0.1) is 10.1 Å². The molecule has 0 bridgehead atoms. The number of aliphatic hydroxyl groups excluding tert-OH is 1. The number of nitrogens with one attached hydrogen (secondary N) is 1. The third-order valence-corrected chi connectivity index (χ3v) is 4.67. The van der Waals surface area contributed by atoms with Crippen molar-refractivity contribution in [1.29, 1.82) is 0 Å². The fourth-order valence-electron chi connectivity index (χ4n) is 1.64. The second kappa shape index (κ2) is 7.11. The minimum Gasteiger partial charge on any atom is -0.396 e. The molecule has 1 aromatic rings. The van der Waals surface area contributed by atoms with Gasteiger partial charge >= 0.3 is 0 Å². The monoisotopic (exact) mass is 366 g/mol. The van der Waals surface area contributed by atoms with Crippen LogP contribution in [0.25, 0.3) is 0 Å². The number of benzene rings is 1. The van der Waals surface area contributed by atoms with Crippen molar-refractivity contribution in [3.63, 3.8) is 0 Å². The van der Waals surface area contributed by atoms with Gasteiger partial charge in [0.15, 0.2) is 4.90 Å². The molecule has 20 heavy (non-hydrogen) atoms. The molecule has 1 atom stereocenters. The topological polar surface area (TPSA) is 110 Å². The predicted octanol–water partition coefficient (Wildman–Crippen LogP) is 1.80. The molecule has 112 valence electrons. The Labute approximate surface area is 125 Å². The van der Waals surface area contributed by atoms with Crippen LogP contribution in [-0.2, 0) is 10.0 Å². The van der Waals surface area contributed by atoms with Gasteiger partial charge in [0.25, 0.3) is 5.69 Å². The second-order valence-electron chi connectivity index (χ2n) is 4.26. The van der Waals surface area contributed by atoms with Crippen molar-refractivity contribution in [3.8, 4) is 0 Å². The number of hydrogen-bond donors (Lipinski definition) is 2. The Bertz CT molecular complexity index is 590. The zero-order valence-electron chi connectivity index (χ0n) is 10.7. The van der Waals surface area contributed by atoms with Gasteiger partial charge in [-0.25, -0.2) is 13.1 Å². The molecule has 0 aliphatic rings. The summed E-state index contributed by atoms with van der Waals surface area (Å²) in [5.41, 5.74) is -0.477. The summed E-state index contributed by atoms with van der Waals surface area (Å²) >= 11 is 3.10. The quantitative estimate of drug-likeness (QED) is 0.564. The van der Waals surface area contributed by atoms with Gasteiger partial charge < -0.3 is 5.11 Å². The average Bonchev–Trinajstić information content (AvgIpc) is 2.35. The SMILES string of the molecule is CC(CCCO)NS(=O)(=O)c1cc(Br)ccc1[N+](=O)[O-]. The minimum atomic E-state index is -3.99. The first-order valence-electron chi connectivity index (χ1n) is 5.85. The molecule has 0 aliphatic heterocycles. The van der Waals surface area contributed by atoms with Crippen molar-refractivity contribution in [2.45, 2.75) is 30.7 Å². The highest BCUT2D eigenvalue weighted by Crippen LogP contribution is 2.27. The van der Waals surface area contributed by atoms with Gasteiger partial charge in [-0.2, -0.15) is 0 Å². The molecule has 0 aromatic heterocycles. The predicted molar refractivity (Wildman–Crippen MR) is 76.9 cm³/mol. The molecule has 0 amide bonds. The number of aliphatic hydroxyl groups is 1. The molecule has 2 N–H and O–H groups in total. The van der Waals surface area contributed by atoms with Gasteiger partial charge in [0.2, 0.25) is 10.0 Å². The Morgan fingerprint density at radius 3 is 2.70 bits per heavy atom. The van der Waals surface area contributed by atoms with Crippen molar-refractivity contribution in [2.75, 3.05) is 6.61 Å². The standard InChI is InChI=1S/C11H15BrN2O5S/c1-8(3-2-6-15)13-20(18,19)11-7-9(12)4-5-10(11)14(16)17/h4-5,7-8,13,15H,2-3,6H2,1H3. The maximum atomic E-state index is 12.2. The summed E-state index contributed by atoms with van der Waals surface area (Å²) in [5, 5.41) is 19.6. The van der Waals surface area contributed by atoms with Gasteiger partial charge in [-0.15, -0.1) is 0 Å². The van der Waals surface area contributed by atoms with Crippen LogP contribution in [0.2, 0.25) is 0 Å². The lowest BCUT2D eigenvalue weighted by Crippen LogP contribution is -2.33. The van der Waals surface area contributed by atoms with Crippen molar-refractivity contribution >= 4 is 31.6 Å². The van der Waals surface area contributed by atoms with Crippen LogP contribution in [0.3, 0.4) is 0 Å². The maximum absolute atomic E-state index is 12.2. The number of hydrogen-bond acceptors (Lipinski definition) is 5. The van der Waals surface area contributed by atoms with Crippen LogP contribution >= 0.6 is 15.9 Å². The molecule has 7 nitrogen and oxygen atoms in total. The largest absolute Gasteiger partial charge is 0.396 e. The normalized spacial score (nSPS) is 13.2. The Morgan fingerprint density at radius 1 is 1.50 bits per heavy atom. The fraction of sp³-hybridized carbons (Fsp3) is 0.455. The van der Waals surface area contributed by atoms with E-state index in [-0.39, 0.29) is 11.5 Å². The first kappa shape index (κ1) is 17.0. The molecule has 0 saturated heterocycles. The second-order valence-corrected chi connectivity index (χ2v) is 6.86. The van der Waals surface area contributed by atoms with E-state index in [1.807, 2.05) is 0 Å². The third-order valence-electron chi connectivity index (χ3n) is 2.56. The van der Waals surface area contributed by atoms with Crippen LogP contribution in [0.4, 0.5) is 5.69 Å². The Kier molecular flexibility index (Phi) is 6.06. The highest BCUT2D eigenvalue weighted by Gasteiger charge is 2.27. The summed E-state index contributed by atoms with van der Waals surface area (Å²) in [4.78, 5) is 9.78. The molecule has 0 saturated carbocycles. The highest BCUT2D eigenvalue weighted by atomic mass is 79.9. The van der Waals surface area contributed by atoms with Crippen molar-refractivity contribution in [2.24, 2.45) is 0 Å². The van der Waals surface area contributed by atoms with Crippen molar-refractivity contribution in [3.05, 3.63) is 32.8 Å². The number of halogens is 1. The van der Waals surface area contributed by atoms with Gasteiger partial charge in [-0.3, -0.25) is 10.1 Å². The van der Waals surface area contributed by atoms with E-state index in [9.17, 15) is 18.5 Å². The molecule has 0 heterocycles. The maximum Gasteiger partial charge on any atom is 0.289 e. The Hall–Kier alpha value is -1.03. The van der Waals surface area contributed by atoms with E-state index < -0.39 is 26.7 Å². The Balaban J connectivity index is 3.09. The molecule has 1 unspecified atom stereocenters. The summed E-state index contributed by atoms with van der Waals surface area (Å²) in [6.45, 7) is 1.60. The molecule has 9 heteroatoms. The van der Waals surface area contributed by atoms with E-state index in [1.165, 1.54) is 12.1 Å². The van der Waals surface area contributed by atoms with Crippen LogP contribution < -0.4 is 4.72 Å². The number of sulfonamides is 1. The van der Waals surface area contributed by atoms with Gasteiger partial charge in [0.05, 0.1) is 4.92 Å². The van der Waals surface area contributed by atoms with Crippen LogP contribution in [0.15, 0.2) is 27.6 Å². The van der Waals surface area contributed by atoms with Crippen molar-refractivity contribution in [1.82, 2.24) is 4.72 Å². The van der Waals surface area contributed by atoms with E-state index in [0.29, 0.717) is 17.3 Å². The molecule has 0 fully saturated rings. The van der Waals surface area contributed by atoms with Crippen molar-refractivity contribution < 1.29 is 18.4 Å². The summed E-state index contributed by atoms with van der Waals surface area (Å²) in [5.74, 6) is 0. The molecule has 0 spiro atoms. The molecule has 1 rings (SSSR count). The molecule has 0 aliphatic carbocycles. The van der Waals surface area contributed by atoms with Crippen LogP contribution in [0.1, 0.15) is 19.8 Å². The summed E-state index contributed by atoms with van der Waals surface area (Å²) in [7, 11) is -3.99. The van der Waals surface area contributed by atoms with Gasteiger partial charge in [-0.1, -0.05) is 15.9 Å². The number of nitro groups is 1. The third kappa shape index (κ3) is 4.51. The van der Waals surface area contributed by atoms with Gasteiger partial charge in [0, 0.05) is 23.2 Å². The lowest BCUT2D eigenvalue weighted by Gasteiger charge is -2.13. The van der Waals surface area contributed by atoms with E-state index in [4.69, 9.17) is 5.11 Å². The first-order valence-corrected chi connectivity index (χ1v) is 8.12. The molecule has 0 radical (unpaired) electrons. The summed E-state index contributed by atoms with van der Waals surface area (Å²) < 4.78 is 27.2. The van der Waals surface area contributed by atoms with Crippen LogP contribution in [0.5, 0.6) is 0 Å². The lowest BCUT2D eigenvalue weighted by atomic mass is 10.2. The molecule has 1 aromatic carbocycles. The first-order chi connectivity index (χ1) is 9.27. The van der Waals surface area contributed by atoms with E-state index >= 15 is 0 Å². The summed E-state index contributed by atoms with van der Waals surface area (Å²) in [6.07, 6.45) is 0.891. The van der Waals surface area contributed by atoms with Gasteiger partial charge in [-0.05, 0) is 31.9 Å². The number of nitro benzene ring substituents is 1. The minimum absolute atomic E-state index is 0.0386. The highest BCUT2D eigenvalue weighted by molar-refractivity contribution is 9.10. The number of nitrogens with zero attached hydrogens (tertiary/aromatic N) is 1. The lowest BCUT2D eigenvalue weighted by molar-refractivity contribution is -0.387. The zero-order chi connectivity index (χ0) is 15.3. The molecular formula is C11H15BrN2O5S. The summed E-state index contributed by atoms with van der Waals surface area (Å²) in [6, 6.07) is 3.31. The zero-order valence-corrected chi connectivity index (χ0v) is 13.1. The van der Waals surface area contributed by atoms with Crippen LogP contribution in [-0.4, -0.2) is 31.1 Å². The smallest absolute Gasteiger partial charge is 0.289 e. The Morgan fingerprint density at radius 2 is 2.15 bits per heavy atom. The van der Waals surface area contributed by atoms with E-state index in [1.54, 1.807) is 6.92 Å². The number of rotatable bonds is 7. The van der Waals surface area contributed by atoms with Gasteiger partial charge in [0.1, 0.15) is 0 Å². The molecular weight excluding hydrogens is 352 g/mol. The average molecular weight is 367 g/mol. The van der Waals surface area contributed by atoms with E-state index in [0.717, 1.165) is 6.07 Å². The fourth-order valence-corrected chi connectivity index (χ4v) is 3.63.